The van der Waals surface area contributed by atoms with Crippen LogP contribution in [0.25, 0.3) is 10.8 Å². The molecule has 1 aliphatic heterocycles. The number of benzene rings is 2. The fraction of sp³-hybridized carbons (Fsp3) is 0.400. The van der Waals surface area contributed by atoms with Crippen molar-refractivity contribution >= 4 is 22.8 Å². The van der Waals surface area contributed by atoms with Crippen molar-refractivity contribution < 1.29 is 23.8 Å². The Morgan fingerprint density at radius 2 is 1.85 bits per heavy atom. The maximum atomic E-state index is 11.3. The average Bonchev–Trinajstić information content (AvgIpc) is 2.70. The van der Waals surface area contributed by atoms with Crippen LogP contribution in [0.1, 0.15) is 24.3 Å². The smallest absolute Gasteiger partial charge is 0.407 e. The first kappa shape index (κ1) is 19.1. The fourth-order valence-electron chi connectivity index (χ4n) is 3.14. The molecule has 0 spiro atoms. The average molecular weight is 372 g/mol. The molecule has 2 aromatic rings. The maximum Gasteiger partial charge on any atom is 0.407 e. The molecule has 144 valence electrons. The first-order valence-electron chi connectivity index (χ1n) is 9.03. The lowest BCUT2D eigenvalue weighted by Crippen LogP contribution is -2.33. The van der Waals surface area contributed by atoms with Gasteiger partial charge in [0.05, 0.1) is 13.2 Å². The van der Waals surface area contributed by atoms with Crippen LogP contribution in [-0.2, 0) is 19.0 Å². The molecule has 0 saturated carbocycles. The summed E-state index contributed by atoms with van der Waals surface area (Å²) in [6, 6.07) is 14.6. The highest BCUT2D eigenvalue weighted by molar-refractivity contribution is 5.86. The Kier molecular flexibility index (Phi) is 6.62. The van der Waals surface area contributed by atoms with E-state index in [4.69, 9.17) is 15.2 Å². The Balaban J connectivity index is 1.40. The zero-order chi connectivity index (χ0) is 19.1. The summed E-state index contributed by atoms with van der Waals surface area (Å²) in [5.41, 5.74) is 6.14. The first-order chi connectivity index (χ1) is 13.1. The Morgan fingerprint density at radius 3 is 2.63 bits per heavy atom. The highest BCUT2D eigenvalue weighted by Crippen LogP contribution is 2.29. The standard InChI is InChI=1S/C20H24N2O5/c21-18(23)13-27-20(24)22-10-4-9-19-25-11-15(12-26-19)17-8-3-6-14-5-1-2-7-16(14)17/h1-3,5-8,15,19H,4,9-13H2,(H2,21,23)(H,22,24). The van der Waals surface area contributed by atoms with E-state index in [-0.39, 0.29) is 12.2 Å². The van der Waals surface area contributed by atoms with E-state index in [0.717, 1.165) is 0 Å². The number of ether oxygens (including phenoxy) is 3. The van der Waals surface area contributed by atoms with Gasteiger partial charge in [0.1, 0.15) is 0 Å². The first-order valence-corrected chi connectivity index (χ1v) is 9.03. The molecule has 2 aromatic carbocycles. The number of nitrogens with one attached hydrogen (secondary N) is 1. The summed E-state index contributed by atoms with van der Waals surface area (Å²) in [6.07, 6.45) is 0.406. The van der Waals surface area contributed by atoms with Gasteiger partial charge in [-0.3, -0.25) is 4.79 Å². The fourth-order valence-corrected chi connectivity index (χ4v) is 3.14. The molecule has 7 heteroatoms. The monoisotopic (exact) mass is 372 g/mol. The summed E-state index contributed by atoms with van der Waals surface area (Å²) in [6.45, 7) is 1.20. The molecule has 0 atom stereocenters. The quantitative estimate of drug-likeness (QED) is 0.727. The van der Waals surface area contributed by atoms with Gasteiger partial charge in [0.25, 0.3) is 5.91 Å². The van der Waals surface area contributed by atoms with Gasteiger partial charge in [-0.1, -0.05) is 42.5 Å². The predicted octanol–water partition coefficient (Wildman–Crippen LogP) is 2.29. The Labute approximate surface area is 157 Å². The molecule has 27 heavy (non-hydrogen) atoms. The molecule has 0 aromatic heterocycles. The number of rotatable bonds is 7. The number of alkyl carbamates (subject to hydrolysis) is 1. The normalized spacial score (nSPS) is 19.6. The molecule has 7 nitrogen and oxygen atoms in total. The van der Waals surface area contributed by atoms with Gasteiger partial charge in [-0.2, -0.15) is 0 Å². The van der Waals surface area contributed by atoms with E-state index in [0.29, 0.717) is 32.6 Å². The van der Waals surface area contributed by atoms with Crippen molar-refractivity contribution in [2.75, 3.05) is 26.4 Å². The van der Waals surface area contributed by atoms with E-state index in [1.165, 1.54) is 16.3 Å². The molecule has 0 bridgehead atoms. The number of hydrogen-bond donors (Lipinski definition) is 2. The predicted molar refractivity (Wildman–Crippen MR) is 100 cm³/mol. The van der Waals surface area contributed by atoms with Crippen LogP contribution in [-0.4, -0.2) is 44.7 Å². The molecule has 1 saturated heterocycles. The van der Waals surface area contributed by atoms with Crippen LogP contribution >= 0.6 is 0 Å². The molecule has 1 heterocycles. The molecule has 0 aliphatic carbocycles. The van der Waals surface area contributed by atoms with Gasteiger partial charge in [0.15, 0.2) is 12.9 Å². The van der Waals surface area contributed by atoms with E-state index in [9.17, 15) is 9.59 Å². The molecular formula is C20H24N2O5. The van der Waals surface area contributed by atoms with Gasteiger partial charge in [-0.15, -0.1) is 0 Å². The van der Waals surface area contributed by atoms with Crippen LogP contribution in [0.15, 0.2) is 42.5 Å². The second-order valence-electron chi connectivity index (χ2n) is 6.47. The largest absolute Gasteiger partial charge is 0.439 e. The number of hydrogen-bond acceptors (Lipinski definition) is 5. The van der Waals surface area contributed by atoms with Gasteiger partial charge < -0.3 is 25.3 Å². The molecule has 1 fully saturated rings. The lowest BCUT2D eigenvalue weighted by atomic mass is 9.94. The van der Waals surface area contributed by atoms with E-state index in [1.54, 1.807) is 0 Å². The van der Waals surface area contributed by atoms with Gasteiger partial charge in [0, 0.05) is 18.9 Å². The second-order valence-corrected chi connectivity index (χ2v) is 6.47. The SMILES string of the molecule is NC(=O)COC(=O)NCCCC1OCC(c2cccc3ccccc23)CO1. The number of nitrogens with two attached hydrogens (primary N) is 1. The minimum Gasteiger partial charge on any atom is -0.439 e. The van der Waals surface area contributed by atoms with Crippen LogP contribution < -0.4 is 11.1 Å². The zero-order valence-corrected chi connectivity index (χ0v) is 15.1. The number of carbonyl (C=O) groups excluding carboxylic acids is 2. The Bertz CT molecular complexity index is 782. The molecule has 0 radical (unpaired) electrons. The summed E-state index contributed by atoms with van der Waals surface area (Å²) in [4.78, 5) is 21.8. The summed E-state index contributed by atoms with van der Waals surface area (Å²) in [5.74, 6) is -0.482. The summed E-state index contributed by atoms with van der Waals surface area (Å²) in [7, 11) is 0. The molecule has 0 unspecified atom stereocenters. The number of primary amides is 1. The Morgan fingerprint density at radius 1 is 1.11 bits per heavy atom. The summed E-state index contributed by atoms with van der Waals surface area (Å²) < 4.78 is 16.3. The topological polar surface area (TPSA) is 99.9 Å². The number of fused-ring (bicyclic) bond motifs is 1. The van der Waals surface area contributed by atoms with Crippen molar-refractivity contribution in [1.29, 1.82) is 0 Å². The molecule has 2 amide bonds. The van der Waals surface area contributed by atoms with Gasteiger partial charge in [-0.25, -0.2) is 4.79 Å². The third-order valence-corrected chi connectivity index (χ3v) is 4.46. The zero-order valence-electron chi connectivity index (χ0n) is 15.1. The van der Waals surface area contributed by atoms with E-state index in [2.05, 4.69) is 40.4 Å². The molecule has 3 rings (SSSR count). The van der Waals surface area contributed by atoms with Crippen LogP contribution in [0.4, 0.5) is 4.79 Å². The van der Waals surface area contributed by atoms with Gasteiger partial charge in [0.2, 0.25) is 0 Å². The molecule has 3 N–H and O–H groups in total. The van der Waals surface area contributed by atoms with Crippen molar-refractivity contribution in [3.05, 3.63) is 48.0 Å². The van der Waals surface area contributed by atoms with Crippen LogP contribution in [0.2, 0.25) is 0 Å². The van der Waals surface area contributed by atoms with E-state index < -0.39 is 18.6 Å². The highest BCUT2D eigenvalue weighted by atomic mass is 16.7. The van der Waals surface area contributed by atoms with Crippen molar-refractivity contribution in [1.82, 2.24) is 5.32 Å². The summed E-state index contributed by atoms with van der Waals surface area (Å²) >= 11 is 0. The molecule has 1 aliphatic rings. The van der Waals surface area contributed by atoms with Crippen LogP contribution in [0.3, 0.4) is 0 Å². The van der Waals surface area contributed by atoms with E-state index >= 15 is 0 Å². The summed E-state index contributed by atoms with van der Waals surface area (Å²) in [5, 5.41) is 5.00. The van der Waals surface area contributed by atoms with Crippen molar-refractivity contribution in [3.63, 3.8) is 0 Å². The van der Waals surface area contributed by atoms with Crippen molar-refractivity contribution in [3.8, 4) is 0 Å². The van der Waals surface area contributed by atoms with Crippen LogP contribution in [0, 0.1) is 0 Å². The molecular weight excluding hydrogens is 348 g/mol. The minimum absolute atomic E-state index is 0.203. The third-order valence-electron chi connectivity index (χ3n) is 4.46. The maximum absolute atomic E-state index is 11.3. The lowest BCUT2D eigenvalue weighted by molar-refractivity contribution is -0.189. The highest BCUT2D eigenvalue weighted by Gasteiger charge is 2.24. The Hall–Kier alpha value is -2.64. The second kappa shape index (κ2) is 9.34. The van der Waals surface area contributed by atoms with Gasteiger partial charge >= 0.3 is 6.09 Å². The van der Waals surface area contributed by atoms with Crippen molar-refractivity contribution in [2.24, 2.45) is 5.73 Å². The minimum atomic E-state index is -0.685. The third kappa shape index (κ3) is 5.42. The van der Waals surface area contributed by atoms with Crippen LogP contribution in [0.5, 0.6) is 0 Å². The lowest BCUT2D eigenvalue weighted by Gasteiger charge is -2.30. The number of carbonyl (C=O) groups is 2. The van der Waals surface area contributed by atoms with Gasteiger partial charge in [-0.05, 0) is 22.8 Å². The van der Waals surface area contributed by atoms with Crippen molar-refractivity contribution in [2.45, 2.75) is 25.0 Å². The van der Waals surface area contributed by atoms with E-state index in [1.807, 2.05) is 12.1 Å². The number of amides is 2.